The Hall–Kier alpha value is -1.11. The maximum atomic E-state index is 6.11. The van der Waals surface area contributed by atoms with Crippen molar-refractivity contribution >= 4 is 45.2 Å². The fraction of sp³-hybridized carbons (Fsp3) is 0.188. The fourth-order valence-corrected chi connectivity index (χ4v) is 3.12. The number of aromatic nitrogens is 2. The van der Waals surface area contributed by atoms with Crippen molar-refractivity contribution in [3.63, 3.8) is 0 Å². The minimum absolute atomic E-state index is 0.368. The average Bonchev–Trinajstić information content (AvgIpc) is 2.85. The summed E-state index contributed by atoms with van der Waals surface area (Å²) in [7, 11) is 1.70. The first-order chi connectivity index (χ1) is 10.2. The molecule has 0 atom stereocenters. The number of benzene rings is 2. The SMILES string of the molecule is COCc1ccccc1-n1c(CCl)nc2cc(I)ccc21. The summed E-state index contributed by atoms with van der Waals surface area (Å²) in [5, 5.41) is 0. The number of imidazole rings is 1. The van der Waals surface area contributed by atoms with Crippen LogP contribution in [0.15, 0.2) is 42.5 Å². The Bertz CT molecular complexity index is 785. The van der Waals surface area contributed by atoms with Gasteiger partial charge in [-0.05, 0) is 46.9 Å². The molecule has 1 aromatic heterocycles. The van der Waals surface area contributed by atoms with Gasteiger partial charge in [-0.3, -0.25) is 4.57 Å². The lowest BCUT2D eigenvalue weighted by molar-refractivity contribution is 0.185. The maximum absolute atomic E-state index is 6.11. The van der Waals surface area contributed by atoms with Gasteiger partial charge >= 0.3 is 0 Å². The van der Waals surface area contributed by atoms with E-state index in [1.54, 1.807) is 7.11 Å². The van der Waals surface area contributed by atoms with Crippen LogP contribution in [0.5, 0.6) is 0 Å². The number of methoxy groups -OCH3 is 1. The molecular formula is C16H14ClIN2O. The Kier molecular flexibility index (Phi) is 4.47. The summed E-state index contributed by atoms with van der Waals surface area (Å²) >= 11 is 8.40. The lowest BCUT2D eigenvalue weighted by atomic mass is 10.1. The molecule has 2 aromatic carbocycles. The van der Waals surface area contributed by atoms with Crippen molar-refractivity contribution in [1.29, 1.82) is 0 Å². The van der Waals surface area contributed by atoms with Crippen LogP contribution in [-0.4, -0.2) is 16.7 Å². The van der Waals surface area contributed by atoms with Gasteiger partial charge in [-0.25, -0.2) is 4.98 Å². The van der Waals surface area contributed by atoms with E-state index in [2.05, 4.69) is 62.5 Å². The number of fused-ring (bicyclic) bond motifs is 1. The minimum Gasteiger partial charge on any atom is -0.380 e. The van der Waals surface area contributed by atoms with Crippen LogP contribution in [-0.2, 0) is 17.2 Å². The van der Waals surface area contributed by atoms with Gasteiger partial charge in [-0.2, -0.15) is 0 Å². The van der Waals surface area contributed by atoms with Crippen molar-refractivity contribution in [3.05, 3.63) is 57.4 Å². The zero-order valence-electron chi connectivity index (χ0n) is 11.5. The predicted octanol–water partition coefficient (Wildman–Crippen LogP) is 4.52. The van der Waals surface area contributed by atoms with Crippen molar-refractivity contribution in [2.45, 2.75) is 12.5 Å². The van der Waals surface area contributed by atoms with E-state index < -0.39 is 0 Å². The van der Waals surface area contributed by atoms with Gasteiger partial charge in [0.15, 0.2) is 0 Å². The van der Waals surface area contributed by atoms with Crippen molar-refractivity contribution in [2.24, 2.45) is 0 Å². The van der Waals surface area contributed by atoms with E-state index in [1.165, 1.54) is 0 Å². The van der Waals surface area contributed by atoms with Gasteiger partial charge in [0.1, 0.15) is 5.82 Å². The summed E-state index contributed by atoms with van der Waals surface area (Å²) in [5.74, 6) is 1.21. The third-order valence-electron chi connectivity index (χ3n) is 3.34. The monoisotopic (exact) mass is 412 g/mol. The predicted molar refractivity (Wildman–Crippen MR) is 94.1 cm³/mol. The van der Waals surface area contributed by atoms with Crippen molar-refractivity contribution in [2.75, 3.05) is 7.11 Å². The number of hydrogen-bond acceptors (Lipinski definition) is 2. The van der Waals surface area contributed by atoms with Gasteiger partial charge in [0.25, 0.3) is 0 Å². The van der Waals surface area contributed by atoms with E-state index in [0.29, 0.717) is 12.5 Å². The molecule has 108 valence electrons. The van der Waals surface area contributed by atoms with Crippen molar-refractivity contribution in [3.8, 4) is 5.69 Å². The minimum atomic E-state index is 0.368. The lowest BCUT2D eigenvalue weighted by Gasteiger charge is -2.13. The molecule has 0 saturated carbocycles. The first kappa shape index (κ1) is 14.8. The van der Waals surface area contributed by atoms with E-state index in [9.17, 15) is 0 Å². The van der Waals surface area contributed by atoms with Gasteiger partial charge < -0.3 is 4.74 Å². The number of hydrogen-bond donors (Lipinski definition) is 0. The van der Waals surface area contributed by atoms with Crippen LogP contribution >= 0.6 is 34.2 Å². The van der Waals surface area contributed by atoms with E-state index in [1.807, 2.05) is 12.1 Å². The van der Waals surface area contributed by atoms with Crippen LogP contribution in [0.2, 0.25) is 0 Å². The normalized spacial score (nSPS) is 11.2. The number of rotatable bonds is 4. The molecule has 3 rings (SSSR count). The van der Waals surface area contributed by atoms with E-state index >= 15 is 0 Å². The molecule has 0 aliphatic carbocycles. The summed E-state index contributed by atoms with van der Waals surface area (Å²) in [6.45, 7) is 0.557. The van der Waals surface area contributed by atoms with E-state index in [0.717, 1.165) is 31.7 Å². The Morgan fingerprint density at radius 1 is 1.24 bits per heavy atom. The zero-order valence-corrected chi connectivity index (χ0v) is 14.4. The number of alkyl halides is 1. The summed E-state index contributed by atoms with van der Waals surface area (Å²) in [6.07, 6.45) is 0. The van der Waals surface area contributed by atoms with Gasteiger partial charge in [0.05, 0.1) is 29.2 Å². The Balaban J connectivity index is 2.29. The topological polar surface area (TPSA) is 27.1 Å². The molecule has 0 N–H and O–H groups in total. The molecule has 5 heteroatoms. The summed E-state index contributed by atoms with van der Waals surface area (Å²) in [4.78, 5) is 4.66. The quantitative estimate of drug-likeness (QED) is 0.465. The maximum Gasteiger partial charge on any atom is 0.129 e. The molecule has 21 heavy (non-hydrogen) atoms. The Morgan fingerprint density at radius 3 is 2.81 bits per heavy atom. The average molecular weight is 413 g/mol. The second-order valence-corrected chi connectivity index (χ2v) is 6.20. The van der Waals surface area contributed by atoms with Crippen LogP contribution in [0.3, 0.4) is 0 Å². The lowest BCUT2D eigenvalue weighted by Crippen LogP contribution is -2.04. The van der Waals surface area contributed by atoms with Crippen LogP contribution in [0.25, 0.3) is 16.7 Å². The molecular weight excluding hydrogens is 399 g/mol. The Labute approximate surface area is 142 Å². The molecule has 0 aliphatic heterocycles. The highest BCUT2D eigenvalue weighted by molar-refractivity contribution is 14.1. The highest BCUT2D eigenvalue weighted by Gasteiger charge is 2.14. The smallest absolute Gasteiger partial charge is 0.129 e. The molecule has 3 nitrogen and oxygen atoms in total. The second kappa shape index (κ2) is 6.34. The number of ether oxygens (including phenoxy) is 1. The van der Waals surface area contributed by atoms with E-state index in [4.69, 9.17) is 16.3 Å². The molecule has 3 aromatic rings. The zero-order chi connectivity index (χ0) is 14.8. The standard InChI is InChI=1S/C16H14ClIN2O/c1-21-10-11-4-2-3-5-14(11)20-15-7-6-12(18)8-13(15)19-16(20)9-17/h2-8H,9-10H2,1H3. The molecule has 0 fully saturated rings. The van der Waals surface area contributed by atoms with Crippen molar-refractivity contribution < 1.29 is 4.74 Å². The molecule has 1 heterocycles. The van der Waals surface area contributed by atoms with Gasteiger partial charge in [0, 0.05) is 16.2 Å². The molecule has 0 aliphatic rings. The summed E-state index contributed by atoms with van der Waals surface area (Å²) < 4.78 is 8.58. The second-order valence-electron chi connectivity index (χ2n) is 4.69. The fourth-order valence-electron chi connectivity index (χ4n) is 2.47. The number of nitrogens with zero attached hydrogens (tertiary/aromatic N) is 2. The van der Waals surface area contributed by atoms with Crippen molar-refractivity contribution in [1.82, 2.24) is 9.55 Å². The first-order valence-electron chi connectivity index (χ1n) is 6.54. The van der Waals surface area contributed by atoms with Crippen LogP contribution in [0.1, 0.15) is 11.4 Å². The van der Waals surface area contributed by atoms with Gasteiger partial charge in [0.2, 0.25) is 0 Å². The third-order valence-corrected chi connectivity index (χ3v) is 4.25. The van der Waals surface area contributed by atoms with E-state index in [-0.39, 0.29) is 0 Å². The molecule has 0 amide bonds. The molecule has 0 unspecified atom stereocenters. The molecule has 0 bridgehead atoms. The van der Waals surface area contributed by atoms with Crippen LogP contribution in [0, 0.1) is 3.57 Å². The molecule has 0 radical (unpaired) electrons. The van der Waals surface area contributed by atoms with Gasteiger partial charge in [-0.15, -0.1) is 11.6 Å². The highest BCUT2D eigenvalue weighted by atomic mass is 127. The number of halogens is 2. The molecule has 0 saturated heterocycles. The first-order valence-corrected chi connectivity index (χ1v) is 8.16. The highest BCUT2D eigenvalue weighted by Crippen LogP contribution is 2.26. The summed E-state index contributed by atoms with van der Waals surface area (Å²) in [6, 6.07) is 14.4. The molecule has 0 spiro atoms. The largest absolute Gasteiger partial charge is 0.380 e. The van der Waals surface area contributed by atoms with Crippen LogP contribution in [0.4, 0.5) is 0 Å². The number of para-hydroxylation sites is 1. The summed E-state index contributed by atoms with van der Waals surface area (Å²) in [5.41, 5.74) is 4.21. The van der Waals surface area contributed by atoms with Gasteiger partial charge in [-0.1, -0.05) is 18.2 Å². The van der Waals surface area contributed by atoms with Crippen LogP contribution < -0.4 is 0 Å². The third kappa shape index (κ3) is 2.80. The Morgan fingerprint density at radius 2 is 2.05 bits per heavy atom.